The van der Waals surface area contributed by atoms with E-state index in [2.05, 4.69) is 14.9 Å². The second kappa shape index (κ2) is 5.02. The van der Waals surface area contributed by atoms with Crippen LogP contribution in [0.4, 0.5) is 5.69 Å². The molecule has 0 fully saturated rings. The van der Waals surface area contributed by atoms with E-state index in [-0.39, 0.29) is 5.78 Å². The van der Waals surface area contributed by atoms with Crippen LogP contribution in [0.2, 0.25) is 0 Å². The van der Waals surface area contributed by atoms with Crippen LogP contribution >= 0.6 is 0 Å². The number of carbonyl (C=O) groups excluding carboxylic acids is 1. The van der Waals surface area contributed by atoms with Gasteiger partial charge in [0.1, 0.15) is 0 Å². The van der Waals surface area contributed by atoms with Gasteiger partial charge >= 0.3 is 0 Å². The molecule has 1 aliphatic rings. The number of hydrogen-bond donors (Lipinski definition) is 0. The van der Waals surface area contributed by atoms with Gasteiger partial charge in [-0.3, -0.25) is 4.79 Å². The van der Waals surface area contributed by atoms with Gasteiger partial charge in [-0.05, 0) is 42.5 Å². The Morgan fingerprint density at radius 1 is 0.913 bits per heavy atom. The van der Waals surface area contributed by atoms with E-state index in [1.807, 2.05) is 56.6 Å². The molecule has 0 saturated carbocycles. The molecule has 0 radical (unpaired) electrons. The molecule has 2 aromatic carbocycles. The lowest BCUT2D eigenvalue weighted by Crippen LogP contribution is -2.08. The van der Waals surface area contributed by atoms with Gasteiger partial charge in [-0.15, -0.1) is 0 Å². The zero-order valence-corrected chi connectivity index (χ0v) is 12.9. The van der Waals surface area contributed by atoms with Crippen LogP contribution < -0.4 is 4.90 Å². The maximum absolute atomic E-state index is 12.0. The minimum absolute atomic E-state index is 0.00906. The van der Waals surface area contributed by atoms with Crippen molar-refractivity contribution in [3.63, 3.8) is 0 Å². The fourth-order valence-electron chi connectivity index (χ4n) is 2.82. The summed E-state index contributed by atoms with van der Waals surface area (Å²) in [6.07, 6.45) is 3.35. The Labute approximate surface area is 134 Å². The first kappa shape index (κ1) is 13.6. The largest absolute Gasteiger partial charge is 0.378 e. The molecular weight excluding hydrogens is 286 g/mol. The highest BCUT2D eigenvalue weighted by Crippen LogP contribution is 2.29. The SMILES string of the molecule is CN(C)c1ccc(-c2nc3c4c(cccc4n2)C(=O)C=C3)cc1. The van der Waals surface area contributed by atoms with Gasteiger partial charge in [-0.1, -0.05) is 12.1 Å². The number of allylic oxidation sites excluding steroid dienone is 1. The molecule has 1 heterocycles. The van der Waals surface area contributed by atoms with Crippen molar-refractivity contribution in [3.8, 4) is 11.4 Å². The van der Waals surface area contributed by atoms with Crippen LogP contribution in [-0.2, 0) is 0 Å². The summed E-state index contributed by atoms with van der Waals surface area (Å²) in [4.78, 5) is 23.3. The van der Waals surface area contributed by atoms with E-state index in [9.17, 15) is 4.79 Å². The van der Waals surface area contributed by atoms with Crippen LogP contribution in [0.5, 0.6) is 0 Å². The highest BCUT2D eigenvalue weighted by molar-refractivity contribution is 6.19. The van der Waals surface area contributed by atoms with E-state index >= 15 is 0 Å². The molecule has 0 unspecified atom stereocenters. The number of rotatable bonds is 2. The Morgan fingerprint density at radius 2 is 1.70 bits per heavy atom. The predicted octanol–water partition coefficient (Wildman–Crippen LogP) is 3.57. The molecule has 4 rings (SSSR count). The van der Waals surface area contributed by atoms with Crippen molar-refractivity contribution >= 4 is 28.4 Å². The molecule has 112 valence electrons. The van der Waals surface area contributed by atoms with Gasteiger partial charge in [0, 0.05) is 36.3 Å². The first-order valence-electron chi connectivity index (χ1n) is 7.44. The van der Waals surface area contributed by atoms with E-state index in [4.69, 9.17) is 0 Å². The Balaban J connectivity index is 1.90. The van der Waals surface area contributed by atoms with E-state index in [0.717, 1.165) is 27.8 Å². The molecule has 0 atom stereocenters. The van der Waals surface area contributed by atoms with Gasteiger partial charge in [0.25, 0.3) is 0 Å². The summed E-state index contributed by atoms with van der Waals surface area (Å²) in [6, 6.07) is 13.7. The van der Waals surface area contributed by atoms with Crippen molar-refractivity contribution in [2.75, 3.05) is 19.0 Å². The Bertz CT molecular complexity index is 956. The summed E-state index contributed by atoms with van der Waals surface area (Å²) in [5, 5.41) is 0.841. The topological polar surface area (TPSA) is 46.1 Å². The van der Waals surface area contributed by atoms with Crippen LogP contribution in [0.25, 0.3) is 28.4 Å². The second-order valence-corrected chi connectivity index (χ2v) is 5.77. The lowest BCUT2D eigenvalue weighted by atomic mass is 9.98. The van der Waals surface area contributed by atoms with E-state index in [1.54, 1.807) is 12.2 Å². The standard InChI is InChI=1S/C19H15N3O/c1-22(2)13-8-6-12(7-9-13)19-20-15-5-3-4-14-17(23)11-10-16(21-19)18(14)15/h3-11H,1-2H3. The zero-order chi connectivity index (χ0) is 16.0. The average Bonchev–Trinajstić information content (AvgIpc) is 2.58. The fourth-order valence-corrected chi connectivity index (χ4v) is 2.82. The Hall–Kier alpha value is -3.01. The van der Waals surface area contributed by atoms with Crippen molar-refractivity contribution in [2.24, 2.45) is 0 Å². The molecule has 4 heteroatoms. The molecule has 3 aromatic rings. The van der Waals surface area contributed by atoms with E-state index in [0.29, 0.717) is 11.4 Å². The van der Waals surface area contributed by atoms with Crippen LogP contribution in [0.15, 0.2) is 48.5 Å². The lowest BCUT2D eigenvalue weighted by Gasteiger charge is -2.14. The molecule has 0 N–H and O–H groups in total. The molecule has 0 spiro atoms. The summed E-state index contributed by atoms with van der Waals surface area (Å²) in [6.45, 7) is 0. The fraction of sp³-hybridized carbons (Fsp3) is 0.105. The molecule has 0 saturated heterocycles. The molecule has 23 heavy (non-hydrogen) atoms. The van der Waals surface area contributed by atoms with Crippen LogP contribution in [0, 0.1) is 0 Å². The highest BCUT2D eigenvalue weighted by atomic mass is 16.1. The van der Waals surface area contributed by atoms with E-state index in [1.165, 1.54) is 0 Å². The summed E-state index contributed by atoms with van der Waals surface area (Å²) >= 11 is 0. The minimum Gasteiger partial charge on any atom is -0.378 e. The maximum Gasteiger partial charge on any atom is 0.186 e. The quantitative estimate of drug-likeness (QED) is 0.726. The molecule has 0 bridgehead atoms. The normalized spacial score (nSPS) is 12.7. The average molecular weight is 301 g/mol. The van der Waals surface area contributed by atoms with Crippen molar-refractivity contribution in [3.05, 3.63) is 59.8 Å². The third-order valence-electron chi connectivity index (χ3n) is 4.05. The van der Waals surface area contributed by atoms with Crippen molar-refractivity contribution < 1.29 is 4.79 Å². The van der Waals surface area contributed by atoms with Crippen LogP contribution in [0.1, 0.15) is 16.1 Å². The highest BCUT2D eigenvalue weighted by Gasteiger charge is 2.17. The number of anilines is 1. The third-order valence-corrected chi connectivity index (χ3v) is 4.05. The van der Waals surface area contributed by atoms with Gasteiger partial charge in [0.05, 0.1) is 11.2 Å². The van der Waals surface area contributed by atoms with Crippen LogP contribution in [0.3, 0.4) is 0 Å². The molecule has 0 aliphatic heterocycles. The van der Waals surface area contributed by atoms with Gasteiger partial charge in [0.15, 0.2) is 11.6 Å². The van der Waals surface area contributed by atoms with Crippen molar-refractivity contribution in [1.82, 2.24) is 9.97 Å². The number of ketones is 1. The number of nitrogens with zero attached hydrogens (tertiary/aromatic N) is 3. The minimum atomic E-state index is 0.00906. The second-order valence-electron chi connectivity index (χ2n) is 5.77. The van der Waals surface area contributed by atoms with Gasteiger partial charge in [0.2, 0.25) is 0 Å². The predicted molar refractivity (Wildman–Crippen MR) is 92.7 cm³/mol. The summed E-state index contributed by atoms with van der Waals surface area (Å²) in [5.74, 6) is 0.684. The van der Waals surface area contributed by atoms with Crippen molar-refractivity contribution in [2.45, 2.75) is 0 Å². The molecule has 0 amide bonds. The summed E-state index contributed by atoms with van der Waals surface area (Å²) in [7, 11) is 4.02. The number of carbonyl (C=O) groups is 1. The number of benzene rings is 2. The Morgan fingerprint density at radius 3 is 2.43 bits per heavy atom. The van der Waals surface area contributed by atoms with Crippen molar-refractivity contribution in [1.29, 1.82) is 0 Å². The van der Waals surface area contributed by atoms with Crippen LogP contribution in [-0.4, -0.2) is 29.8 Å². The summed E-state index contributed by atoms with van der Waals surface area (Å²) < 4.78 is 0. The van der Waals surface area contributed by atoms with Gasteiger partial charge in [-0.25, -0.2) is 9.97 Å². The first-order chi connectivity index (χ1) is 11.1. The number of aromatic nitrogens is 2. The molecule has 4 nitrogen and oxygen atoms in total. The lowest BCUT2D eigenvalue weighted by molar-refractivity contribution is 0.104. The number of hydrogen-bond acceptors (Lipinski definition) is 4. The van der Waals surface area contributed by atoms with Gasteiger partial charge < -0.3 is 4.90 Å². The Kier molecular flexibility index (Phi) is 2.98. The molecular formula is C19H15N3O. The smallest absolute Gasteiger partial charge is 0.186 e. The summed E-state index contributed by atoms with van der Waals surface area (Å²) in [5.41, 5.74) is 4.37. The maximum atomic E-state index is 12.0. The zero-order valence-electron chi connectivity index (χ0n) is 12.9. The van der Waals surface area contributed by atoms with Gasteiger partial charge in [-0.2, -0.15) is 0 Å². The molecule has 1 aliphatic carbocycles. The first-order valence-corrected chi connectivity index (χ1v) is 7.44. The molecule has 1 aromatic heterocycles. The van der Waals surface area contributed by atoms with E-state index < -0.39 is 0 Å². The third kappa shape index (κ3) is 2.19. The monoisotopic (exact) mass is 301 g/mol.